The van der Waals surface area contributed by atoms with Crippen molar-refractivity contribution in [2.75, 3.05) is 19.7 Å². The maximum atomic E-state index is 5.42. The van der Waals surface area contributed by atoms with E-state index < -0.39 is 0 Å². The lowest BCUT2D eigenvalue weighted by Crippen LogP contribution is -2.19. The molecule has 0 aromatic rings. The van der Waals surface area contributed by atoms with E-state index in [0.717, 1.165) is 0 Å². The van der Waals surface area contributed by atoms with Gasteiger partial charge in [0.15, 0.2) is 0 Å². The van der Waals surface area contributed by atoms with Crippen LogP contribution in [0.1, 0.15) is 13.3 Å². The van der Waals surface area contributed by atoms with E-state index in [1.165, 1.54) is 12.2 Å². The molecule has 10 heavy (non-hydrogen) atoms. The molecule has 1 aliphatic heterocycles. The Balaban J connectivity index is 2.14. The Bertz CT molecular complexity index is 97.6. The van der Waals surface area contributed by atoms with Crippen molar-refractivity contribution in [3.8, 4) is 0 Å². The zero-order valence-corrected chi connectivity index (χ0v) is 7.32. The molecule has 0 amide bonds. The summed E-state index contributed by atoms with van der Waals surface area (Å²) in [7, 11) is 1.66. The summed E-state index contributed by atoms with van der Waals surface area (Å²) in [6.45, 7) is 2.65. The highest BCUT2D eigenvalue weighted by Crippen LogP contribution is 2.28. The van der Waals surface area contributed by atoms with Gasteiger partial charge in [0, 0.05) is 12.4 Å². The van der Waals surface area contributed by atoms with Gasteiger partial charge in [-0.1, -0.05) is 6.92 Å². The Hall–Kier alpha value is 0.270. The molecular weight excluding hydrogens is 148 g/mol. The van der Waals surface area contributed by atoms with E-state index in [-0.39, 0.29) is 0 Å². The second-order valence-corrected chi connectivity index (χ2v) is 3.96. The minimum atomic E-state index is 0.421. The van der Waals surface area contributed by atoms with Crippen molar-refractivity contribution in [1.29, 1.82) is 0 Å². The smallest absolute Gasteiger partial charge is 0.146 e. The third-order valence-corrected chi connectivity index (χ3v) is 3.01. The van der Waals surface area contributed by atoms with Gasteiger partial charge in [0.25, 0.3) is 0 Å². The molecule has 0 unspecified atom stereocenters. The van der Waals surface area contributed by atoms with Gasteiger partial charge in [-0.05, 0) is 12.2 Å². The van der Waals surface area contributed by atoms with Crippen molar-refractivity contribution in [2.45, 2.75) is 24.7 Å². The second-order valence-electron chi connectivity index (χ2n) is 2.48. The monoisotopic (exact) mass is 162 g/mol. The minimum Gasteiger partial charge on any atom is -0.359 e. The third-order valence-electron chi connectivity index (χ3n) is 1.71. The topological polar surface area (TPSA) is 18.5 Å². The van der Waals surface area contributed by atoms with Crippen LogP contribution in [0, 0.1) is 0 Å². The number of hydrogen-bond acceptors (Lipinski definition) is 3. The number of thioether (sulfide) groups is 1. The molecule has 0 spiro atoms. The third kappa shape index (κ3) is 2.15. The Kier molecular flexibility index (Phi) is 3.52. The predicted molar refractivity (Wildman–Crippen MR) is 43.3 cm³/mol. The molecule has 0 aromatic carbocycles. The van der Waals surface area contributed by atoms with Crippen LogP contribution in [0.3, 0.4) is 0 Å². The van der Waals surface area contributed by atoms with Gasteiger partial charge >= 0.3 is 0 Å². The van der Waals surface area contributed by atoms with Crippen LogP contribution < -0.4 is 0 Å². The highest BCUT2D eigenvalue weighted by atomic mass is 32.2. The molecule has 1 aliphatic rings. The first-order chi connectivity index (χ1) is 4.84. The summed E-state index contributed by atoms with van der Waals surface area (Å²) in [6, 6.07) is 0. The predicted octanol–water partition coefficient (Wildman–Crippen LogP) is 1.50. The van der Waals surface area contributed by atoms with Crippen molar-refractivity contribution in [2.24, 2.45) is 0 Å². The molecule has 0 radical (unpaired) electrons. The van der Waals surface area contributed by atoms with E-state index >= 15 is 0 Å². The first-order valence-corrected chi connectivity index (χ1v) is 4.61. The van der Waals surface area contributed by atoms with Crippen LogP contribution in [0.15, 0.2) is 0 Å². The highest BCUT2D eigenvalue weighted by molar-refractivity contribution is 8.00. The average molecular weight is 162 g/mol. The van der Waals surface area contributed by atoms with E-state index in [9.17, 15) is 0 Å². The summed E-state index contributed by atoms with van der Waals surface area (Å²) in [5.74, 6) is 1.23. The summed E-state index contributed by atoms with van der Waals surface area (Å²) < 4.78 is 10.2. The molecule has 1 rings (SSSR count). The molecule has 0 bridgehead atoms. The van der Waals surface area contributed by atoms with E-state index in [1.54, 1.807) is 7.11 Å². The van der Waals surface area contributed by atoms with Crippen molar-refractivity contribution in [3.63, 3.8) is 0 Å². The number of hydrogen-bond donors (Lipinski definition) is 0. The maximum absolute atomic E-state index is 5.42. The van der Waals surface area contributed by atoms with Crippen LogP contribution in [0.2, 0.25) is 0 Å². The zero-order chi connectivity index (χ0) is 7.40. The fourth-order valence-corrected chi connectivity index (χ4v) is 2.26. The molecule has 0 N–H and O–H groups in total. The zero-order valence-electron chi connectivity index (χ0n) is 6.50. The quantitative estimate of drug-likeness (QED) is 0.586. The van der Waals surface area contributed by atoms with E-state index in [1.807, 2.05) is 11.8 Å². The van der Waals surface area contributed by atoms with Gasteiger partial charge in [0.05, 0.1) is 6.10 Å². The van der Waals surface area contributed by atoms with Crippen LogP contribution in [-0.2, 0) is 9.47 Å². The van der Waals surface area contributed by atoms with Gasteiger partial charge in [-0.3, -0.25) is 0 Å². The van der Waals surface area contributed by atoms with Crippen molar-refractivity contribution in [3.05, 3.63) is 0 Å². The fraction of sp³-hybridized carbons (Fsp3) is 1.00. The molecule has 60 valence electrons. The van der Waals surface area contributed by atoms with Gasteiger partial charge in [0.1, 0.15) is 6.79 Å². The van der Waals surface area contributed by atoms with Crippen LogP contribution in [-0.4, -0.2) is 31.0 Å². The van der Waals surface area contributed by atoms with Crippen LogP contribution in [0.5, 0.6) is 0 Å². The summed E-state index contributed by atoms with van der Waals surface area (Å²) in [5.41, 5.74) is 0. The first-order valence-electron chi connectivity index (χ1n) is 3.56. The second kappa shape index (κ2) is 4.21. The lowest BCUT2D eigenvalue weighted by Gasteiger charge is -2.13. The molecule has 0 aliphatic carbocycles. The molecule has 0 saturated carbocycles. The van der Waals surface area contributed by atoms with Gasteiger partial charge < -0.3 is 9.47 Å². The average Bonchev–Trinajstić information content (AvgIpc) is 2.31. The van der Waals surface area contributed by atoms with E-state index in [4.69, 9.17) is 9.47 Å². The summed E-state index contributed by atoms with van der Waals surface area (Å²) in [4.78, 5) is 0. The Morgan fingerprint density at radius 2 is 2.40 bits per heavy atom. The SMILES string of the molecule is COCO[C@H]1CCS[C@H]1C. The number of ether oxygens (including phenoxy) is 2. The van der Waals surface area contributed by atoms with Gasteiger partial charge in [-0.25, -0.2) is 0 Å². The molecular formula is C7H14O2S. The molecule has 1 heterocycles. The molecule has 1 saturated heterocycles. The standard InChI is InChI=1S/C7H14O2S/c1-6-7(3-4-10-6)9-5-8-2/h6-7H,3-5H2,1-2H3/t6-,7-/m0/s1. The lowest BCUT2D eigenvalue weighted by molar-refractivity contribution is -0.0689. The van der Waals surface area contributed by atoms with Gasteiger partial charge in [-0.2, -0.15) is 11.8 Å². The minimum absolute atomic E-state index is 0.421. The Labute approximate surface area is 66.3 Å². The van der Waals surface area contributed by atoms with Crippen molar-refractivity contribution in [1.82, 2.24) is 0 Å². The van der Waals surface area contributed by atoms with E-state index in [2.05, 4.69) is 6.92 Å². The van der Waals surface area contributed by atoms with E-state index in [0.29, 0.717) is 18.1 Å². The van der Waals surface area contributed by atoms with Crippen molar-refractivity contribution < 1.29 is 9.47 Å². The van der Waals surface area contributed by atoms with Gasteiger partial charge in [0.2, 0.25) is 0 Å². The molecule has 1 fully saturated rings. The highest BCUT2D eigenvalue weighted by Gasteiger charge is 2.24. The maximum Gasteiger partial charge on any atom is 0.146 e. The Morgan fingerprint density at radius 3 is 2.90 bits per heavy atom. The number of methoxy groups -OCH3 is 1. The summed E-state index contributed by atoms with van der Waals surface area (Å²) in [6.07, 6.45) is 1.60. The first kappa shape index (κ1) is 8.37. The number of rotatable bonds is 3. The Morgan fingerprint density at radius 1 is 1.60 bits per heavy atom. The molecule has 3 heteroatoms. The molecule has 2 atom stereocenters. The van der Waals surface area contributed by atoms with Crippen molar-refractivity contribution >= 4 is 11.8 Å². The summed E-state index contributed by atoms with van der Waals surface area (Å²) in [5, 5.41) is 0.648. The lowest BCUT2D eigenvalue weighted by atomic mass is 10.2. The fourth-order valence-electron chi connectivity index (χ4n) is 1.09. The van der Waals surface area contributed by atoms with Gasteiger partial charge in [-0.15, -0.1) is 0 Å². The largest absolute Gasteiger partial charge is 0.359 e. The van der Waals surface area contributed by atoms with Crippen LogP contribution >= 0.6 is 11.8 Å². The molecule has 0 aromatic heterocycles. The molecule has 2 nitrogen and oxygen atoms in total. The van der Waals surface area contributed by atoms with Crippen LogP contribution in [0.4, 0.5) is 0 Å². The summed E-state index contributed by atoms with van der Waals surface area (Å²) >= 11 is 1.98. The normalized spacial score (nSPS) is 33.0. The van der Waals surface area contributed by atoms with Crippen LogP contribution in [0.25, 0.3) is 0 Å².